The Morgan fingerprint density at radius 2 is 2.06 bits per heavy atom. The van der Waals surface area contributed by atoms with E-state index in [2.05, 4.69) is 23.9 Å². The third-order valence-electron chi connectivity index (χ3n) is 1.87. The molecular formula is C11H23NO4. The van der Waals surface area contributed by atoms with Gasteiger partial charge in [-0.15, -0.1) is 0 Å². The van der Waals surface area contributed by atoms with Gasteiger partial charge in [0.1, 0.15) is 0 Å². The van der Waals surface area contributed by atoms with Crippen LogP contribution in [0.2, 0.25) is 0 Å². The number of rotatable bonds is 9. The van der Waals surface area contributed by atoms with Crippen LogP contribution in [0.5, 0.6) is 0 Å². The molecule has 0 aromatic carbocycles. The van der Waals surface area contributed by atoms with Gasteiger partial charge in [0.15, 0.2) is 0 Å². The van der Waals surface area contributed by atoms with E-state index in [0.29, 0.717) is 38.6 Å². The molecule has 0 spiro atoms. The van der Waals surface area contributed by atoms with Gasteiger partial charge in [-0.3, -0.25) is 4.79 Å². The number of hydrogen-bond acceptors (Lipinski definition) is 5. The predicted molar refractivity (Wildman–Crippen MR) is 61.2 cm³/mol. The minimum absolute atomic E-state index is 0.252. The van der Waals surface area contributed by atoms with Crippen molar-refractivity contribution in [1.82, 2.24) is 5.32 Å². The maximum atomic E-state index is 10.8. The third-order valence-corrected chi connectivity index (χ3v) is 1.87. The second kappa shape index (κ2) is 9.57. The molecule has 0 amide bonds. The first kappa shape index (κ1) is 15.3. The lowest BCUT2D eigenvalue weighted by atomic mass is 10.2. The van der Waals surface area contributed by atoms with Gasteiger partial charge >= 0.3 is 5.97 Å². The Morgan fingerprint density at radius 3 is 2.62 bits per heavy atom. The van der Waals surface area contributed by atoms with E-state index in [4.69, 9.17) is 4.74 Å². The molecule has 0 saturated carbocycles. The Labute approximate surface area is 97.1 Å². The number of ether oxygens (including phenoxy) is 2. The molecule has 0 radical (unpaired) electrons. The van der Waals surface area contributed by atoms with Gasteiger partial charge in [-0.25, -0.2) is 0 Å². The summed E-state index contributed by atoms with van der Waals surface area (Å²) < 4.78 is 9.76. The SMILES string of the molecule is COC(=O)CCNCC(O)COCC(C)C. The summed E-state index contributed by atoms with van der Waals surface area (Å²) in [5.74, 6) is 0.220. The van der Waals surface area contributed by atoms with Gasteiger partial charge in [0, 0.05) is 19.7 Å². The number of nitrogens with one attached hydrogen (secondary N) is 1. The molecule has 0 aliphatic heterocycles. The molecule has 0 saturated heterocycles. The topological polar surface area (TPSA) is 67.8 Å². The second-order valence-electron chi connectivity index (χ2n) is 4.12. The average Bonchev–Trinajstić information content (AvgIpc) is 2.23. The predicted octanol–water partition coefficient (Wildman–Crippen LogP) is 0.173. The summed E-state index contributed by atoms with van der Waals surface area (Å²) in [4.78, 5) is 10.8. The fourth-order valence-electron chi connectivity index (χ4n) is 1.06. The monoisotopic (exact) mass is 233 g/mol. The van der Waals surface area contributed by atoms with Crippen molar-refractivity contribution in [2.75, 3.05) is 33.4 Å². The maximum Gasteiger partial charge on any atom is 0.306 e. The smallest absolute Gasteiger partial charge is 0.306 e. The zero-order valence-corrected chi connectivity index (χ0v) is 10.4. The first-order chi connectivity index (χ1) is 7.56. The molecule has 0 aromatic heterocycles. The summed E-state index contributed by atoms with van der Waals surface area (Å²) in [6.07, 6.45) is -0.216. The van der Waals surface area contributed by atoms with Crippen LogP contribution in [0.25, 0.3) is 0 Å². The van der Waals surface area contributed by atoms with Crippen LogP contribution in [-0.2, 0) is 14.3 Å². The fraction of sp³-hybridized carbons (Fsp3) is 0.909. The molecule has 16 heavy (non-hydrogen) atoms. The van der Waals surface area contributed by atoms with Crippen LogP contribution in [0.4, 0.5) is 0 Å². The normalized spacial score (nSPS) is 12.8. The van der Waals surface area contributed by atoms with Gasteiger partial charge in [-0.05, 0) is 5.92 Å². The number of methoxy groups -OCH3 is 1. The Bertz CT molecular complexity index is 185. The lowest BCUT2D eigenvalue weighted by Crippen LogP contribution is -2.32. The van der Waals surface area contributed by atoms with Crippen LogP contribution in [-0.4, -0.2) is 50.6 Å². The van der Waals surface area contributed by atoms with Gasteiger partial charge in [-0.2, -0.15) is 0 Å². The molecule has 0 aliphatic carbocycles. The van der Waals surface area contributed by atoms with Crippen molar-refractivity contribution in [3.8, 4) is 0 Å². The lowest BCUT2D eigenvalue weighted by molar-refractivity contribution is -0.140. The Balaban J connectivity index is 3.30. The standard InChI is InChI=1S/C11H23NO4/c1-9(2)7-16-8-10(13)6-12-5-4-11(14)15-3/h9-10,12-13H,4-8H2,1-3H3. The van der Waals surface area contributed by atoms with Crippen molar-refractivity contribution in [3.63, 3.8) is 0 Å². The maximum absolute atomic E-state index is 10.8. The fourth-order valence-corrected chi connectivity index (χ4v) is 1.06. The number of carbonyl (C=O) groups excluding carboxylic acids is 1. The van der Waals surface area contributed by atoms with Crippen LogP contribution < -0.4 is 5.32 Å². The molecule has 0 aliphatic rings. The highest BCUT2D eigenvalue weighted by Crippen LogP contribution is 1.93. The highest BCUT2D eigenvalue weighted by Gasteiger charge is 2.05. The molecule has 0 bridgehead atoms. The minimum Gasteiger partial charge on any atom is -0.469 e. The van der Waals surface area contributed by atoms with Crippen molar-refractivity contribution in [1.29, 1.82) is 0 Å². The number of aliphatic hydroxyl groups excluding tert-OH is 1. The lowest BCUT2D eigenvalue weighted by Gasteiger charge is -2.13. The van der Waals surface area contributed by atoms with Crippen molar-refractivity contribution in [2.24, 2.45) is 5.92 Å². The number of esters is 1. The molecule has 5 heteroatoms. The molecule has 0 fully saturated rings. The number of carbonyl (C=O) groups is 1. The third kappa shape index (κ3) is 9.89. The summed E-state index contributed by atoms with van der Waals surface area (Å²) in [6, 6.07) is 0. The van der Waals surface area contributed by atoms with Crippen LogP contribution in [0, 0.1) is 5.92 Å². The van der Waals surface area contributed by atoms with E-state index in [9.17, 15) is 9.90 Å². The minimum atomic E-state index is -0.531. The second-order valence-corrected chi connectivity index (χ2v) is 4.12. The Kier molecular flexibility index (Phi) is 9.18. The quantitative estimate of drug-likeness (QED) is 0.439. The van der Waals surface area contributed by atoms with E-state index < -0.39 is 6.10 Å². The molecule has 2 N–H and O–H groups in total. The first-order valence-electron chi connectivity index (χ1n) is 5.59. The molecule has 0 rings (SSSR count). The number of hydrogen-bond donors (Lipinski definition) is 2. The van der Waals surface area contributed by atoms with Crippen molar-refractivity contribution >= 4 is 5.97 Å². The molecular weight excluding hydrogens is 210 g/mol. The number of aliphatic hydroxyl groups is 1. The van der Waals surface area contributed by atoms with Crippen molar-refractivity contribution in [3.05, 3.63) is 0 Å². The summed E-state index contributed by atoms with van der Waals surface area (Å²) >= 11 is 0. The molecule has 1 unspecified atom stereocenters. The largest absolute Gasteiger partial charge is 0.469 e. The Morgan fingerprint density at radius 1 is 1.38 bits per heavy atom. The highest BCUT2D eigenvalue weighted by atomic mass is 16.5. The van der Waals surface area contributed by atoms with Crippen LogP contribution >= 0.6 is 0 Å². The molecule has 1 atom stereocenters. The van der Waals surface area contributed by atoms with Gasteiger partial charge in [0.25, 0.3) is 0 Å². The summed E-state index contributed by atoms with van der Waals surface area (Å²) in [5.41, 5.74) is 0. The van der Waals surface area contributed by atoms with E-state index in [0.717, 1.165) is 0 Å². The van der Waals surface area contributed by atoms with Crippen LogP contribution in [0.1, 0.15) is 20.3 Å². The zero-order chi connectivity index (χ0) is 12.4. The first-order valence-corrected chi connectivity index (χ1v) is 5.59. The summed E-state index contributed by atoms with van der Waals surface area (Å²) in [5, 5.41) is 12.4. The molecule has 0 heterocycles. The van der Waals surface area contributed by atoms with E-state index in [-0.39, 0.29) is 5.97 Å². The average molecular weight is 233 g/mol. The van der Waals surface area contributed by atoms with Gasteiger partial charge < -0.3 is 19.9 Å². The van der Waals surface area contributed by atoms with E-state index in [1.807, 2.05) is 0 Å². The van der Waals surface area contributed by atoms with Gasteiger partial charge in [-0.1, -0.05) is 13.8 Å². The van der Waals surface area contributed by atoms with Gasteiger partial charge in [0.2, 0.25) is 0 Å². The van der Waals surface area contributed by atoms with Crippen LogP contribution in [0.3, 0.4) is 0 Å². The summed E-state index contributed by atoms with van der Waals surface area (Å²) in [6.45, 7) is 6.02. The van der Waals surface area contributed by atoms with Crippen molar-refractivity contribution < 1.29 is 19.4 Å². The summed E-state index contributed by atoms with van der Waals surface area (Å²) in [7, 11) is 1.36. The van der Waals surface area contributed by atoms with Crippen LogP contribution in [0.15, 0.2) is 0 Å². The van der Waals surface area contributed by atoms with E-state index in [1.54, 1.807) is 0 Å². The van der Waals surface area contributed by atoms with Gasteiger partial charge in [0.05, 0.1) is 26.2 Å². The van der Waals surface area contributed by atoms with E-state index >= 15 is 0 Å². The molecule has 5 nitrogen and oxygen atoms in total. The Hall–Kier alpha value is -0.650. The molecule has 96 valence electrons. The zero-order valence-electron chi connectivity index (χ0n) is 10.4. The molecule has 0 aromatic rings. The van der Waals surface area contributed by atoms with Crippen molar-refractivity contribution in [2.45, 2.75) is 26.4 Å². The highest BCUT2D eigenvalue weighted by molar-refractivity contribution is 5.69. The van der Waals surface area contributed by atoms with E-state index in [1.165, 1.54) is 7.11 Å².